The van der Waals surface area contributed by atoms with Crippen molar-refractivity contribution >= 4 is 40.6 Å². The van der Waals surface area contributed by atoms with E-state index in [9.17, 15) is 19.2 Å². The van der Waals surface area contributed by atoms with Crippen molar-refractivity contribution in [2.45, 2.75) is 20.1 Å². The van der Waals surface area contributed by atoms with Crippen molar-refractivity contribution in [2.24, 2.45) is 0 Å². The van der Waals surface area contributed by atoms with Gasteiger partial charge in [-0.05, 0) is 71.8 Å². The van der Waals surface area contributed by atoms with Gasteiger partial charge < -0.3 is 9.47 Å². The fourth-order valence-electron chi connectivity index (χ4n) is 3.54. The minimum absolute atomic E-state index is 0.00680. The molecule has 2 amide bonds. The number of hydrogen-bond donors (Lipinski definition) is 0. The van der Waals surface area contributed by atoms with E-state index < -0.39 is 11.1 Å². The summed E-state index contributed by atoms with van der Waals surface area (Å²) in [5, 5.41) is 9.14. The predicted octanol–water partition coefficient (Wildman–Crippen LogP) is 6.56. The third-order valence-electron chi connectivity index (χ3n) is 5.27. The van der Waals surface area contributed by atoms with Crippen LogP contribution in [0.25, 0.3) is 6.08 Å². The summed E-state index contributed by atoms with van der Waals surface area (Å²) in [5.74, 6) is -0.0972. The van der Waals surface area contributed by atoms with Crippen LogP contribution in [0.3, 0.4) is 0 Å². The SMILES string of the molecule is CCOc1cc(/C=C2/SC(=O)N(Cc3ccccc3C#N)C2=O)cc(Cl)c1OCc1ccc(F)cc1. The molecule has 0 saturated carbocycles. The van der Waals surface area contributed by atoms with Gasteiger partial charge in [0, 0.05) is 0 Å². The molecule has 1 aliphatic rings. The van der Waals surface area contributed by atoms with E-state index in [4.69, 9.17) is 21.1 Å². The van der Waals surface area contributed by atoms with E-state index in [-0.39, 0.29) is 28.9 Å². The zero-order valence-corrected chi connectivity index (χ0v) is 20.7. The molecule has 1 fully saturated rings. The Labute approximate surface area is 216 Å². The van der Waals surface area contributed by atoms with Gasteiger partial charge in [0.1, 0.15) is 12.4 Å². The minimum Gasteiger partial charge on any atom is -0.490 e. The number of rotatable bonds is 8. The molecule has 0 spiro atoms. The van der Waals surface area contributed by atoms with Gasteiger partial charge in [0.05, 0.1) is 34.7 Å². The molecule has 0 bridgehead atoms. The highest BCUT2D eigenvalue weighted by Gasteiger charge is 2.35. The van der Waals surface area contributed by atoms with Crippen molar-refractivity contribution in [1.82, 2.24) is 4.90 Å². The van der Waals surface area contributed by atoms with Gasteiger partial charge >= 0.3 is 0 Å². The van der Waals surface area contributed by atoms with Crippen LogP contribution in [0, 0.1) is 17.1 Å². The summed E-state index contributed by atoms with van der Waals surface area (Å²) in [6.45, 7) is 2.33. The lowest BCUT2D eigenvalue weighted by Crippen LogP contribution is -2.27. The molecule has 1 heterocycles. The molecule has 3 aromatic rings. The number of nitrogens with zero attached hydrogens (tertiary/aromatic N) is 2. The lowest BCUT2D eigenvalue weighted by atomic mass is 10.1. The van der Waals surface area contributed by atoms with E-state index in [1.54, 1.807) is 54.6 Å². The van der Waals surface area contributed by atoms with Gasteiger partial charge in [0.2, 0.25) is 0 Å². The average molecular weight is 523 g/mol. The van der Waals surface area contributed by atoms with E-state index in [2.05, 4.69) is 6.07 Å². The topological polar surface area (TPSA) is 79.6 Å². The fraction of sp³-hybridized carbons (Fsp3) is 0.148. The van der Waals surface area contributed by atoms with Crippen LogP contribution in [-0.2, 0) is 17.9 Å². The highest BCUT2D eigenvalue weighted by atomic mass is 35.5. The number of ether oxygens (including phenoxy) is 2. The third-order valence-corrected chi connectivity index (χ3v) is 6.45. The Morgan fingerprint density at radius 1 is 1.11 bits per heavy atom. The molecule has 0 atom stereocenters. The average Bonchev–Trinajstić information content (AvgIpc) is 3.12. The maximum absolute atomic E-state index is 13.2. The Morgan fingerprint density at radius 2 is 1.86 bits per heavy atom. The molecule has 0 N–H and O–H groups in total. The largest absolute Gasteiger partial charge is 0.490 e. The van der Waals surface area contributed by atoms with Crippen LogP contribution in [0.2, 0.25) is 5.02 Å². The molecule has 1 saturated heterocycles. The van der Waals surface area contributed by atoms with Gasteiger partial charge in [0.15, 0.2) is 11.5 Å². The number of halogens is 2. The normalized spacial score (nSPS) is 14.3. The minimum atomic E-state index is -0.455. The van der Waals surface area contributed by atoms with Gasteiger partial charge in [-0.3, -0.25) is 14.5 Å². The molecule has 9 heteroatoms. The zero-order valence-electron chi connectivity index (χ0n) is 19.2. The summed E-state index contributed by atoms with van der Waals surface area (Å²) in [6.07, 6.45) is 1.57. The number of imide groups is 1. The van der Waals surface area contributed by atoms with Crippen LogP contribution in [0.15, 0.2) is 65.6 Å². The molecule has 3 aromatic carbocycles. The molecule has 0 unspecified atom stereocenters. The van der Waals surface area contributed by atoms with Crippen LogP contribution in [0.5, 0.6) is 11.5 Å². The summed E-state index contributed by atoms with van der Waals surface area (Å²) in [7, 11) is 0. The number of hydrogen-bond acceptors (Lipinski definition) is 6. The molecule has 1 aliphatic heterocycles. The maximum atomic E-state index is 13.2. The summed E-state index contributed by atoms with van der Waals surface area (Å²) >= 11 is 7.30. The van der Waals surface area contributed by atoms with Crippen LogP contribution in [0.1, 0.15) is 29.2 Å². The Hall–Kier alpha value is -3.80. The van der Waals surface area contributed by atoms with Crippen molar-refractivity contribution < 1.29 is 23.5 Å². The number of nitriles is 1. The highest BCUT2D eigenvalue weighted by molar-refractivity contribution is 8.18. The third kappa shape index (κ3) is 5.70. The monoisotopic (exact) mass is 522 g/mol. The summed E-state index contributed by atoms with van der Waals surface area (Å²) in [6, 6.07) is 18.1. The number of carbonyl (C=O) groups excluding carboxylic acids is 2. The van der Waals surface area contributed by atoms with E-state index in [1.807, 2.05) is 6.92 Å². The Bertz CT molecular complexity index is 1390. The van der Waals surface area contributed by atoms with E-state index in [0.29, 0.717) is 34.8 Å². The smallest absolute Gasteiger partial charge is 0.293 e. The van der Waals surface area contributed by atoms with Crippen LogP contribution >= 0.6 is 23.4 Å². The Kier molecular flexibility index (Phi) is 7.93. The van der Waals surface area contributed by atoms with Crippen molar-refractivity contribution in [3.05, 3.63) is 98.7 Å². The molecule has 182 valence electrons. The Morgan fingerprint density at radius 3 is 2.58 bits per heavy atom. The van der Waals surface area contributed by atoms with Gasteiger partial charge in [-0.1, -0.05) is 41.9 Å². The highest BCUT2D eigenvalue weighted by Crippen LogP contribution is 2.40. The lowest BCUT2D eigenvalue weighted by Gasteiger charge is -2.15. The molecule has 0 aliphatic carbocycles. The molecule has 6 nitrogen and oxygen atoms in total. The van der Waals surface area contributed by atoms with E-state index >= 15 is 0 Å². The van der Waals surface area contributed by atoms with Crippen molar-refractivity contribution in [3.8, 4) is 17.6 Å². The molecule has 0 aromatic heterocycles. The standard InChI is InChI=1S/C27H20ClFN2O4S/c1-2-34-23-12-18(11-22(28)25(23)35-16-17-7-9-21(29)10-8-17)13-24-26(32)31(27(33)36-24)15-20-6-4-3-5-19(20)14-30/h3-13H,2,15-16H2,1H3/b24-13+. The second-order valence-electron chi connectivity index (χ2n) is 7.71. The van der Waals surface area contributed by atoms with Crippen LogP contribution in [-0.4, -0.2) is 22.7 Å². The van der Waals surface area contributed by atoms with Gasteiger partial charge in [0.25, 0.3) is 11.1 Å². The molecular formula is C27H20ClFN2O4S. The molecule has 4 rings (SSSR count). The van der Waals surface area contributed by atoms with E-state index in [1.165, 1.54) is 12.1 Å². The van der Waals surface area contributed by atoms with Crippen molar-refractivity contribution in [3.63, 3.8) is 0 Å². The van der Waals surface area contributed by atoms with Gasteiger partial charge in [-0.15, -0.1) is 0 Å². The number of amides is 2. The summed E-state index contributed by atoms with van der Waals surface area (Å²) in [5.41, 5.74) is 2.31. The van der Waals surface area contributed by atoms with Crippen molar-refractivity contribution in [2.75, 3.05) is 6.61 Å². The van der Waals surface area contributed by atoms with Crippen molar-refractivity contribution in [1.29, 1.82) is 5.26 Å². The molecule has 36 heavy (non-hydrogen) atoms. The Balaban J connectivity index is 1.56. The molecular weight excluding hydrogens is 503 g/mol. The first kappa shape index (κ1) is 25.3. The number of carbonyl (C=O) groups is 2. The second kappa shape index (κ2) is 11.3. The summed E-state index contributed by atoms with van der Waals surface area (Å²) in [4.78, 5) is 26.9. The first-order valence-electron chi connectivity index (χ1n) is 11.0. The first-order valence-corrected chi connectivity index (χ1v) is 12.2. The van der Waals surface area contributed by atoms with Crippen LogP contribution < -0.4 is 9.47 Å². The number of thioether (sulfide) groups is 1. The number of benzene rings is 3. The predicted molar refractivity (Wildman–Crippen MR) is 136 cm³/mol. The lowest BCUT2D eigenvalue weighted by molar-refractivity contribution is -0.123. The molecule has 0 radical (unpaired) electrons. The zero-order chi connectivity index (χ0) is 25.7. The summed E-state index contributed by atoms with van der Waals surface area (Å²) < 4.78 is 24.7. The first-order chi connectivity index (χ1) is 17.4. The fourth-order valence-corrected chi connectivity index (χ4v) is 4.65. The quantitative estimate of drug-likeness (QED) is 0.311. The second-order valence-corrected chi connectivity index (χ2v) is 9.12. The van der Waals surface area contributed by atoms with Gasteiger partial charge in [-0.25, -0.2) is 4.39 Å². The van der Waals surface area contributed by atoms with E-state index in [0.717, 1.165) is 22.2 Å². The van der Waals surface area contributed by atoms with Crippen LogP contribution in [0.4, 0.5) is 9.18 Å². The van der Waals surface area contributed by atoms with Gasteiger partial charge in [-0.2, -0.15) is 5.26 Å². The maximum Gasteiger partial charge on any atom is 0.293 e.